The van der Waals surface area contributed by atoms with Crippen LogP contribution in [0.2, 0.25) is 0 Å². The Bertz CT molecular complexity index is 892. The summed E-state index contributed by atoms with van der Waals surface area (Å²) in [6.45, 7) is 5.06. The van der Waals surface area contributed by atoms with E-state index >= 15 is 0 Å². The summed E-state index contributed by atoms with van der Waals surface area (Å²) in [5, 5.41) is 0. The number of hydrogen-bond donors (Lipinski definition) is 2. The van der Waals surface area contributed by atoms with Crippen LogP contribution >= 0.6 is 0 Å². The lowest BCUT2D eigenvalue weighted by molar-refractivity contribution is -0.128. The van der Waals surface area contributed by atoms with Crippen molar-refractivity contribution in [2.45, 2.75) is 33.2 Å². The number of nitrogens with zero attached hydrogens (tertiary/aromatic N) is 1. The average molecular weight is 365 g/mol. The third-order valence-electron chi connectivity index (χ3n) is 4.65. The number of hydrazine groups is 1. The van der Waals surface area contributed by atoms with E-state index in [2.05, 4.69) is 10.9 Å². The van der Waals surface area contributed by atoms with E-state index in [1.165, 1.54) is 0 Å². The van der Waals surface area contributed by atoms with Gasteiger partial charge in [-0.05, 0) is 49.6 Å². The fourth-order valence-electron chi connectivity index (χ4n) is 3.22. The monoisotopic (exact) mass is 365 g/mol. The van der Waals surface area contributed by atoms with E-state index in [1.54, 1.807) is 29.2 Å². The van der Waals surface area contributed by atoms with E-state index in [-0.39, 0.29) is 11.8 Å². The maximum atomic E-state index is 12.4. The van der Waals surface area contributed by atoms with Crippen molar-refractivity contribution in [3.05, 3.63) is 70.3 Å². The standard InChI is InChI=1S/C21H23N3O3/c1-14-8-9-18(15(2)11-14)21(27)23-22-20(26)17-6-3-5-16(12-17)13-24-10-4-7-19(24)25/h3,5-6,8-9,11-12H,4,7,10,13H2,1-2H3,(H,22,26)(H,23,27). The lowest BCUT2D eigenvalue weighted by Crippen LogP contribution is -2.41. The first-order chi connectivity index (χ1) is 12.9. The summed E-state index contributed by atoms with van der Waals surface area (Å²) in [6.07, 6.45) is 1.47. The van der Waals surface area contributed by atoms with Gasteiger partial charge in [0.05, 0.1) is 0 Å². The zero-order chi connectivity index (χ0) is 19.4. The van der Waals surface area contributed by atoms with E-state index in [4.69, 9.17) is 0 Å². The number of amides is 3. The Labute approximate surface area is 158 Å². The van der Waals surface area contributed by atoms with Gasteiger partial charge in [-0.15, -0.1) is 0 Å². The molecule has 0 radical (unpaired) electrons. The Balaban J connectivity index is 1.61. The Morgan fingerprint density at radius 1 is 1.04 bits per heavy atom. The van der Waals surface area contributed by atoms with Gasteiger partial charge in [-0.2, -0.15) is 0 Å². The molecule has 1 aliphatic rings. The summed E-state index contributed by atoms with van der Waals surface area (Å²) >= 11 is 0. The largest absolute Gasteiger partial charge is 0.338 e. The van der Waals surface area contributed by atoms with Crippen LogP contribution in [0.1, 0.15) is 50.2 Å². The summed E-state index contributed by atoms with van der Waals surface area (Å²) < 4.78 is 0. The Hall–Kier alpha value is -3.15. The first-order valence-corrected chi connectivity index (χ1v) is 8.98. The van der Waals surface area contributed by atoms with Gasteiger partial charge in [0.1, 0.15) is 0 Å². The molecule has 1 aliphatic heterocycles. The SMILES string of the molecule is Cc1ccc(C(=O)NNC(=O)c2cccc(CN3CCCC3=O)c2)c(C)c1. The zero-order valence-electron chi connectivity index (χ0n) is 15.5. The number of benzene rings is 2. The molecule has 6 heteroatoms. The molecule has 3 amide bonds. The molecule has 0 bridgehead atoms. The maximum absolute atomic E-state index is 12.4. The molecular formula is C21H23N3O3. The van der Waals surface area contributed by atoms with E-state index in [0.29, 0.717) is 24.1 Å². The molecule has 0 saturated carbocycles. The predicted octanol–water partition coefficient (Wildman–Crippen LogP) is 2.50. The smallest absolute Gasteiger partial charge is 0.269 e. The lowest BCUT2D eigenvalue weighted by Gasteiger charge is -2.16. The maximum Gasteiger partial charge on any atom is 0.269 e. The van der Waals surface area contributed by atoms with E-state index in [0.717, 1.165) is 29.7 Å². The highest BCUT2D eigenvalue weighted by Gasteiger charge is 2.20. The number of likely N-dealkylation sites (tertiary alicyclic amines) is 1. The van der Waals surface area contributed by atoms with Crippen LogP contribution in [-0.4, -0.2) is 29.2 Å². The Morgan fingerprint density at radius 3 is 2.52 bits per heavy atom. The average Bonchev–Trinajstić information content (AvgIpc) is 3.04. The van der Waals surface area contributed by atoms with Crippen molar-refractivity contribution < 1.29 is 14.4 Å². The Morgan fingerprint density at radius 2 is 1.81 bits per heavy atom. The summed E-state index contributed by atoms with van der Waals surface area (Å²) in [6, 6.07) is 12.6. The Kier molecular flexibility index (Phi) is 5.54. The summed E-state index contributed by atoms with van der Waals surface area (Å²) in [7, 11) is 0. The first-order valence-electron chi connectivity index (χ1n) is 8.98. The van der Waals surface area contributed by atoms with Crippen molar-refractivity contribution in [1.82, 2.24) is 15.8 Å². The molecule has 3 rings (SSSR count). The molecule has 6 nitrogen and oxygen atoms in total. The normalized spacial score (nSPS) is 13.6. The molecule has 1 heterocycles. The lowest BCUT2D eigenvalue weighted by atomic mass is 10.1. The molecule has 140 valence electrons. The van der Waals surface area contributed by atoms with Crippen LogP contribution in [0.25, 0.3) is 0 Å². The zero-order valence-corrected chi connectivity index (χ0v) is 15.5. The second-order valence-electron chi connectivity index (χ2n) is 6.85. The van der Waals surface area contributed by atoms with Gasteiger partial charge < -0.3 is 4.90 Å². The summed E-state index contributed by atoms with van der Waals surface area (Å²) in [5.41, 5.74) is 8.65. The van der Waals surface area contributed by atoms with Crippen molar-refractivity contribution in [1.29, 1.82) is 0 Å². The highest BCUT2D eigenvalue weighted by molar-refractivity contribution is 5.99. The highest BCUT2D eigenvalue weighted by Crippen LogP contribution is 2.15. The van der Waals surface area contributed by atoms with Gasteiger partial charge in [0.15, 0.2) is 0 Å². The molecule has 0 aromatic heterocycles. The number of rotatable bonds is 4. The quantitative estimate of drug-likeness (QED) is 0.817. The van der Waals surface area contributed by atoms with E-state index in [9.17, 15) is 14.4 Å². The van der Waals surface area contributed by atoms with Crippen LogP contribution in [0.5, 0.6) is 0 Å². The van der Waals surface area contributed by atoms with Crippen LogP contribution in [0.3, 0.4) is 0 Å². The molecule has 1 fully saturated rings. The fourth-order valence-corrected chi connectivity index (χ4v) is 3.22. The minimum Gasteiger partial charge on any atom is -0.338 e. The molecule has 1 saturated heterocycles. The molecular weight excluding hydrogens is 342 g/mol. The van der Waals surface area contributed by atoms with Gasteiger partial charge in [0, 0.05) is 30.6 Å². The molecule has 0 aliphatic carbocycles. The van der Waals surface area contributed by atoms with E-state index < -0.39 is 5.91 Å². The van der Waals surface area contributed by atoms with Gasteiger partial charge >= 0.3 is 0 Å². The molecule has 2 aromatic carbocycles. The van der Waals surface area contributed by atoms with Crippen molar-refractivity contribution in [3.8, 4) is 0 Å². The number of nitrogens with one attached hydrogen (secondary N) is 2. The van der Waals surface area contributed by atoms with Crippen LogP contribution in [0.4, 0.5) is 0 Å². The van der Waals surface area contributed by atoms with Crippen molar-refractivity contribution in [3.63, 3.8) is 0 Å². The van der Waals surface area contributed by atoms with Gasteiger partial charge in [0.25, 0.3) is 11.8 Å². The van der Waals surface area contributed by atoms with Gasteiger partial charge in [-0.3, -0.25) is 25.2 Å². The highest BCUT2D eigenvalue weighted by atomic mass is 16.2. The minimum absolute atomic E-state index is 0.144. The third kappa shape index (κ3) is 4.53. The number of carbonyl (C=O) groups is 3. The number of carbonyl (C=O) groups excluding carboxylic acids is 3. The van der Waals surface area contributed by atoms with Crippen molar-refractivity contribution in [2.75, 3.05) is 6.54 Å². The van der Waals surface area contributed by atoms with Crippen molar-refractivity contribution in [2.24, 2.45) is 0 Å². The van der Waals surface area contributed by atoms with Gasteiger partial charge in [-0.25, -0.2) is 0 Å². The molecule has 0 atom stereocenters. The van der Waals surface area contributed by atoms with Crippen LogP contribution in [0.15, 0.2) is 42.5 Å². The van der Waals surface area contributed by atoms with Crippen LogP contribution in [0, 0.1) is 13.8 Å². The molecule has 0 spiro atoms. The predicted molar refractivity (Wildman–Crippen MR) is 102 cm³/mol. The van der Waals surface area contributed by atoms with Crippen molar-refractivity contribution >= 4 is 17.7 Å². The first kappa shape index (κ1) is 18.6. The van der Waals surface area contributed by atoms with Gasteiger partial charge in [-0.1, -0.05) is 29.8 Å². The topological polar surface area (TPSA) is 78.5 Å². The van der Waals surface area contributed by atoms with Crippen LogP contribution < -0.4 is 10.9 Å². The van der Waals surface area contributed by atoms with E-state index in [1.807, 2.05) is 32.0 Å². The number of aryl methyl sites for hydroxylation is 2. The van der Waals surface area contributed by atoms with Gasteiger partial charge in [0.2, 0.25) is 5.91 Å². The minimum atomic E-state index is -0.400. The molecule has 0 unspecified atom stereocenters. The second-order valence-corrected chi connectivity index (χ2v) is 6.85. The fraction of sp³-hybridized carbons (Fsp3) is 0.286. The van der Waals surface area contributed by atoms with Crippen LogP contribution in [-0.2, 0) is 11.3 Å². The molecule has 2 N–H and O–H groups in total. The summed E-state index contributed by atoms with van der Waals surface area (Å²) in [5.74, 6) is -0.618. The number of hydrogen-bond acceptors (Lipinski definition) is 3. The third-order valence-corrected chi connectivity index (χ3v) is 4.65. The molecule has 2 aromatic rings. The molecule has 27 heavy (non-hydrogen) atoms. The summed E-state index contributed by atoms with van der Waals surface area (Å²) in [4.78, 5) is 38.2. The second kappa shape index (κ2) is 8.03.